The summed E-state index contributed by atoms with van der Waals surface area (Å²) in [4.78, 5) is 35.7. The van der Waals surface area contributed by atoms with Crippen LogP contribution in [0.3, 0.4) is 0 Å². The molecule has 7 nitrogen and oxygen atoms in total. The Hall–Kier alpha value is -1.89. The molecule has 7 heteroatoms. The minimum Gasteiger partial charge on any atom is -0.342 e. The minimum atomic E-state index is 0.0966. The molecule has 2 amide bonds. The average molecular weight is 359 g/mol. The van der Waals surface area contributed by atoms with Crippen molar-refractivity contribution in [1.82, 2.24) is 24.3 Å². The van der Waals surface area contributed by atoms with E-state index in [1.165, 1.54) is 0 Å². The van der Waals surface area contributed by atoms with Crippen LogP contribution in [0.5, 0.6) is 0 Å². The van der Waals surface area contributed by atoms with Crippen LogP contribution in [-0.2, 0) is 23.2 Å². The third-order valence-corrected chi connectivity index (χ3v) is 6.05. The Morgan fingerprint density at radius 3 is 2.04 bits per heavy atom. The van der Waals surface area contributed by atoms with E-state index in [2.05, 4.69) is 9.88 Å². The molecule has 4 rings (SSSR count). The molecule has 0 N–H and O–H groups in total. The molecule has 0 atom stereocenters. The lowest BCUT2D eigenvalue weighted by atomic mass is 9.94. The Kier molecular flexibility index (Phi) is 4.98. The number of hydrogen-bond donors (Lipinski definition) is 0. The summed E-state index contributed by atoms with van der Waals surface area (Å²) < 4.78 is 2.05. The van der Waals surface area contributed by atoms with Crippen molar-refractivity contribution in [3.05, 3.63) is 18.2 Å². The number of imidazole rings is 1. The molecule has 1 aromatic heterocycles. The SMILES string of the molecule is Cn1ccnc1CN1CCN(C(=O)C2CCN(C(=O)C3CC3)CC2)CC1. The van der Waals surface area contributed by atoms with E-state index in [1.54, 1.807) is 0 Å². The molecule has 0 unspecified atom stereocenters. The Morgan fingerprint density at radius 2 is 1.50 bits per heavy atom. The van der Waals surface area contributed by atoms with Gasteiger partial charge in [-0.25, -0.2) is 4.98 Å². The van der Waals surface area contributed by atoms with E-state index in [-0.39, 0.29) is 11.8 Å². The van der Waals surface area contributed by atoms with Crippen LogP contribution in [0.2, 0.25) is 0 Å². The number of aryl methyl sites for hydroxylation is 1. The summed E-state index contributed by atoms with van der Waals surface area (Å²) in [6.45, 7) is 5.74. The van der Waals surface area contributed by atoms with E-state index in [4.69, 9.17) is 0 Å². The summed E-state index contributed by atoms with van der Waals surface area (Å²) in [6, 6.07) is 0. The van der Waals surface area contributed by atoms with Crippen LogP contribution in [0, 0.1) is 11.8 Å². The monoisotopic (exact) mass is 359 g/mol. The van der Waals surface area contributed by atoms with Crippen molar-refractivity contribution in [2.45, 2.75) is 32.2 Å². The zero-order valence-corrected chi connectivity index (χ0v) is 15.6. The molecule has 3 fully saturated rings. The van der Waals surface area contributed by atoms with Gasteiger partial charge in [-0.05, 0) is 25.7 Å². The summed E-state index contributed by atoms with van der Waals surface area (Å²) >= 11 is 0. The number of piperazine rings is 1. The lowest BCUT2D eigenvalue weighted by Gasteiger charge is -2.38. The fourth-order valence-corrected chi connectivity index (χ4v) is 4.07. The molecule has 0 bridgehead atoms. The molecule has 142 valence electrons. The number of piperidine rings is 1. The highest BCUT2D eigenvalue weighted by molar-refractivity contribution is 5.82. The Bertz CT molecular complexity index is 653. The Morgan fingerprint density at radius 1 is 0.923 bits per heavy atom. The highest BCUT2D eigenvalue weighted by Gasteiger charge is 2.37. The first-order valence-corrected chi connectivity index (χ1v) is 9.88. The van der Waals surface area contributed by atoms with Crippen molar-refractivity contribution >= 4 is 11.8 Å². The molecule has 2 saturated heterocycles. The number of nitrogens with zero attached hydrogens (tertiary/aromatic N) is 5. The van der Waals surface area contributed by atoms with Crippen molar-refractivity contribution < 1.29 is 9.59 Å². The van der Waals surface area contributed by atoms with Gasteiger partial charge in [-0.3, -0.25) is 14.5 Å². The van der Waals surface area contributed by atoms with Crippen molar-refractivity contribution in [2.75, 3.05) is 39.3 Å². The molecular weight excluding hydrogens is 330 g/mol. The average Bonchev–Trinajstić information content (AvgIpc) is 3.45. The first kappa shape index (κ1) is 17.5. The fourth-order valence-electron chi connectivity index (χ4n) is 4.07. The second-order valence-electron chi connectivity index (χ2n) is 7.93. The van der Waals surface area contributed by atoms with Gasteiger partial charge in [0.15, 0.2) is 0 Å². The second kappa shape index (κ2) is 7.39. The van der Waals surface area contributed by atoms with Gasteiger partial charge in [0.2, 0.25) is 11.8 Å². The third kappa shape index (κ3) is 3.77. The van der Waals surface area contributed by atoms with E-state index in [0.29, 0.717) is 11.8 Å². The number of aromatic nitrogens is 2. The largest absolute Gasteiger partial charge is 0.342 e. The molecule has 2 aliphatic heterocycles. The van der Waals surface area contributed by atoms with E-state index >= 15 is 0 Å². The molecule has 0 spiro atoms. The molecule has 26 heavy (non-hydrogen) atoms. The zero-order chi connectivity index (χ0) is 18.1. The third-order valence-electron chi connectivity index (χ3n) is 6.05. The number of rotatable bonds is 4. The molecule has 1 aliphatic carbocycles. The van der Waals surface area contributed by atoms with Crippen molar-refractivity contribution in [1.29, 1.82) is 0 Å². The van der Waals surface area contributed by atoms with Crippen LogP contribution >= 0.6 is 0 Å². The van der Waals surface area contributed by atoms with Gasteiger partial charge in [0.05, 0.1) is 6.54 Å². The van der Waals surface area contributed by atoms with Crippen LogP contribution in [0.15, 0.2) is 12.4 Å². The van der Waals surface area contributed by atoms with E-state index in [9.17, 15) is 9.59 Å². The van der Waals surface area contributed by atoms with E-state index in [1.807, 2.05) is 33.8 Å². The lowest BCUT2D eigenvalue weighted by Crippen LogP contribution is -2.51. The van der Waals surface area contributed by atoms with Gasteiger partial charge < -0.3 is 14.4 Å². The molecule has 1 saturated carbocycles. The standard InChI is InChI=1S/C19H29N5O2/c1-21-9-6-20-17(21)14-22-10-12-24(13-11-22)19(26)16-4-7-23(8-5-16)18(25)15-2-3-15/h6,9,15-16H,2-5,7-8,10-14H2,1H3. The topological polar surface area (TPSA) is 61.7 Å². The second-order valence-corrected chi connectivity index (χ2v) is 7.93. The molecule has 1 aromatic rings. The molecule has 3 heterocycles. The van der Waals surface area contributed by atoms with Crippen molar-refractivity contribution in [2.24, 2.45) is 18.9 Å². The van der Waals surface area contributed by atoms with Crippen LogP contribution in [0.4, 0.5) is 0 Å². The van der Waals surface area contributed by atoms with Gasteiger partial charge in [-0.2, -0.15) is 0 Å². The minimum absolute atomic E-state index is 0.0966. The summed E-state index contributed by atoms with van der Waals surface area (Å²) in [5.74, 6) is 2.06. The van der Waals surface area contributed by atoms with Crippen LogP contribution in [0.1, 0.15) is 31.5 Å². The molecule has 0 aromatic carbocycles. The maximum Gasteiger partial charge on any atom is 0.225 e. The van der Waals surface area contributed by atoms with Crippen molar-refractivity contribution in [3.63, 3.8) is 0 Å². The van der Waals surface area contributed by atoms with Gasteiger partial charge in [0, 0.05) is 70.5 Å². The predicted octanol–water partition coefficient (Wildman–Crippen LogP) is 0.713. The number of hydrogen-bond acceptors (Lipinski definition) is 4. The van der Waals surface area contributed by atoms with Crippen molar-refractivity contribution in [3.8, 4) is 0 Å². The summed E-state index contributed by atoms with van der Waals surface area (Å²) in [7, 11) is 2.02. The van der Waals surface area contributed by atoms with E-state index in [0.717, 1.165) is 77.3 Å². The molecular formula is C19H29N5O2. The number of carbonyl (C=O) groups is 2. The predicted molar refractivity (Wildman–Crippen MR) is 97.1 cm³/mol. The smallest absolute Gasteiger partial charge is 0.225 e. The Balaban J connectivity index is 1.22. The molecule has 3 aliphatic rings. The zero-order valence-electron chi connectivity index (χ0n) is 15.6. The fraction of sp³-hybridized carbons (Fsp3) is 0.737. The normalized spacial score (nSPS) is 22.7. The van der Waals surface area contributed by atoms with Crippen LogP contribution in [-0.4, -0.2) is 75.3 Å². The highest BCUT2D eigenvalue weighted by Crippen LogP contribution is 2.32. The van der Waals surface area contributed by atoms with Gasteiger partial charge in [-0.15, -0.1) is 0 Å². The summed E-state index contributed by atoms with van der Waals surface area (Å²) in [6.07, 6.45) is 7.56. The van der Waals surface area contributed by atoms with E-state index < -0.39 is 0 Å². The van der Waals surface area contributed by atoms with Crippen LogP contribution < -0.4 is 0 Å². The maximum atomic E-state index is 12.8. The quantitative estimate of drug-likeness (QED) is 0.795. The number of amides is 2. The highest BCUT2D eigenvalue weighted by atomic mass is 16.2. The number of carbonyl (C=O) groups excluding carboxylic acids is 2. The summed E-state index contributed by atoms with van der Waals surface area (Å²) in [5, 5.41) is 0. The maximum absolute atomic E-state index is 12.8. The van der Waals surface area contributed by atoms with Crippen LogP contribution in [0.25, 0.3) is 0 Å². The first-order valence-electron chi connectivity index (χ1n) is 9.88. The number of likely N-dealkylation sites (tertiary alicyclic amines) is 1. The first-order chi connectivity index (χ1) is 12.6. The van der Waals surface area contributed by atoms with Gasteiger partial charge in [0.25, 0.3) is 0 Å². The lowest BCUT2D eigenvalue weighted by molar-refractivity contribution is -0.142. The van der Waals surface area contributed by atoms with Gasteiger partial charge >= 0.3 is 0 Å². The van der Waals surface area contributed by atoms with Gasteiger partial charge in [-0.1, -0.05) is 0 Å². The van der Waals surface area contributed by atoms with Gasteiger partial charge in [0.1, 0.15) is 5.82 Å². The Labute approximate surface area is 154 Å². The molecule has 0 radical (unpaired) electrons. The summed E-state index contributed by atoms with van der Waals surface area (Å²) in [5.41, 5.74) is 0.